The van der Waals surface area contributed by atoms with Crippen molar-refractivity contribution >= 4 is 85.8 Å². The lowest BCUT2D eigenvalue weighted by molar-refractivity contribution is -0.407. The van der Waals surface area contributed by atoms with Crippen molar-refractivity contribution in [1.82, 2.24) is 39.5 Å². The number of ether oxygens (including phenoxy) is 2. The van der Waals surface area contributed by atoms with E-state index in [0.29, 0.717) is 64.4 Å². The monoisotopic (exact) mass is 1220 g/mol. The van der Waals surface area contributed by atoms with Crippen LogP contribution in [0.25, 0.3) is 26.4 Å². The lowest BCUT2D eigenvalue weighted by Gasteiger charge is -2.38. The molecule has 4 aromatic carbocycles. The number of hydrogen-bond acceptors (Lipinski definition) is 13. The first-order valence-electron chi connectivity index (χ1n) is 32.0. The molecule has 454 valence electrons. The topological polar surface area (TPSA) is 134 Å². The van der Waals surface area contributed by atoms with Crippen molar-refractivity contribution in [3.8, 4) is 18.1 Å². The molecule has 6 aromatic rings. The Morgan fingerprint density at radius 3 is 1.95 bits per heavy atom. The molecule has 2 aromatic heterocycles. The number of piperazine rings is 1. The molecule has 0 radical (unpaired) electrons. The second-order valence-electron chi connectivity index (χ2n) is 26.1. The zero-order chi connectivity index (χ0) is 59.8. The minimum atomic E-state index is -0.220. The third kappa shape index (κ3) is 10.2. The van der Waals surface area contributed by atoms with Crippen LogP contribution in [-0.2, 0) is 35.5 Å². The predicted octanol–water partition coefficient (Wildman–Crippen LogP) is 10.5. The first-order chi connectivity index (χ1) is 42.9. The number of amides is 2. The van der Waals surface area contributed by atoms with Gasteiger partial charge in [0.25, 0.3) is 6.07 Å². The summed E-state index contributed by atoms with van der Waals surface area (Å²) < 4.78 is 15.8. The van der Waals surface area contributed by atoms with Crippen LogP contribution < -0.4 is 24.2 Å². The maximum Gasteiger partial charge on any atom is 0.434 e. The van der Waals surface area contributed by atoms with E-state index in [0.717, 1.165) is 174 Å². The van der Waals surface area contributed by atoms with Crippen LogP contribution in [0, 0.1) is 12.0 Å². The smallest absolute Gasteiger partial charge is 0.434 e. The van der Waals surface area contributed by atoms with E-state index in [1.165, 1.54) is 25.0 Å². The number of hydrogen-bond donors (Lipinski definition) is 0. The highest BCUT2D eigenvalue weighted by molar-refractivity contribution is 6.37. The van der Waals surface area contributed by atoms with Crippen LogP contribution in [0.2, 0.25) is 10.0 Å². The first kappa shape index (κ1) is 57.1. The summed E-state index contributed by atoms with van der Waals surface area (Å²) in [6.45, 7) is 16.5. The van der Waals surface area contributed by atoms with E-state index in [-0.39, 0.29) is 53.1 Å². The van der Waals surface area contributed by atoms with Gasteiger partial charge in [-0.15, -0.1) is 0 Å². The van der Waals surface area contributed by atoms with Crippen molar-refractivity contribution in [2.24, 2.45) is 5.92 Å². The predicted molar refractivity (Wildman–Crippen MR) is 346 cm³/mol. The highest BCUT2D eigenvalue weighted by Crippen LogP contribution is 2.46. The minimum absolute atomic E-state index is 0.0118. The van der Waals surface area contributed by atoms with Crippen LogP contribution in [0.15, 0.2) is 98.1 Å². The minimum Gasteiger partial charge on any atom is -0.461 e. The van der Waals surface area contributed by atoms with Crippen molar-refractivity contribution in [2.45, 2.75) is 132 Å². The van der Waals surface area contributed by atoms with Gasteiger partial charge in [-0.2, -0.15) is 15.0 Å². The summed E-state index contributed by atoms with van der Waals surface area (Å²) in [5.41, 5.74) is 6.20. The van der Waals surface area contributed by atoms with Crippen LogP contribution in [-0.4, -0.2) is 170 Å². The molecule has 7 fully saturated rings. The van der Waals surface area contributed by atoms with E-state index in [4.69, 9.17) is 57.5 Å². The Morgan fingerprint density at radius 2 is 1.30 bits per heavy atom. The Morgan fingerprint density at radius 1 is 0.693 bits per heavy atom. The van der Waals surface area contributed by atoms with E-state index >= 15 is 0 Å². The molecule has 0 saturated carbocycles. The van der Waals surface area contributed by atoms with Gasteiger partial charge in [-0.05, 0) is 124 Å². The molecule has 0 spiro atoms. The van der Waals surface area contributed by atoms with Gasteiger partial charge in [0.1, 0.15) is 25.5 Å². The average molecular weight is 1220 g/mol. The number of aromatic nitrogens is 4. The number of nitrogens with zero attached hydrogens (tertiary/aromatic N) is 13. The van der Waals surface area contributed by atoms with Gasteiger partial charge in [-0.3, -0.25) is 14.5 Å². The van der Waals surface area contributed by atoms with E-state index in [2.05, 4.69) is 110 Å². The quantitative estimate of drug-likeness (QED) is 0.0582. The normalized spacial score (nSPS) is 25.5. The van der Waals surface area contributed by atoms with Gasteiger partial charge in [0.2, 0.25) is 11.8 Å². The zero-order valence-corrected chi connectivity index (χ0v) is 51.9. The Kier molecular flexibility index (Phi) is 15.1. The number of rotatable bonds is 14. The van der Waals surface area contributed by atoms with Gasteiger partial charge >= 0.3 is 24.0 Å². The third-order valence-corrected chi connectivity index (χ3v) is 21.9. The molecule has 0 N–H and O–H groups in total. The Labute approximate surface area is 525 Å². The molecule has 19 heteroatoms. The van der Waals surface area contributed by atoms with Gasteiger partial charge < -0.3 is 34.0 Å². The summed E-state index contributed by atoms with van der Waals surface area (Å²) in [6, 6.07) is 29.4. The van der Waals surface area contributed by atoms with Gasteiger partial charge in [0.15, 0.2) is 0 Å². The van der Waals surface area contributed by atoms with E-state index < -0.39 is 0 Å². The number of halogens is 2. The second-order valence-corrected chi connectivity index (χ2v) is 26.9. The highest BCUT2D eigenvalue weighted by Gasteiger charge is 2.55. The van der Waals surface area contributed by atoms with Crippen molar-refractivity contribution in [3.05, 3.63) is 136 Å². The first-order valence-corrected chi connectivity index (χ1v) is 32.8. The van der Waals surface area contributed by atoms with Gasteiger partial charge in [0.05, 0.1) is 76.5 Å². The lowest BCUT2D eigenvalue weighted by atomic mass is 9.95. The summed E-state index contributed by atoms with van der Waals surface area (Å²) >= 11 is 13.8. The fourth-order valence-corrected chi connectivity index (χ4v) is 17.6. The summed E-state index contributed by atoms with van der Waals surface area (Å²) in [6.07, 6.45) is 17.2. The molecule has 9 aliphatic rings. The molecular formula is C69H77Cl2N13O4+2. The molecule has 11 heterocycles. The fraction of sp³-hybridized carbons (Fsp3) is 0.478. The third-order valence-electron chi connectivity index (χ3n) is 21.2. The van der Waals surface area contributed by atoms with Gasteiger partial charge in [-0.25, -0.2) is 9.48 Å². The van der Waals surface area contributed by atoms with Crippen molar-refractivity contribution in [3.63, 3.8) is 0 Å². The fourth-order valence-electron chi connectivity index (χ4n) is 17.0. The Bertz CT molecular complexity index is 3890. The molecule has 3 unspecified atom stereocenters. The van der Waals surface area contributed by atoms with Crippen molar-refractivity contribution in [2.75, 3.05) is 87.3 Å². The molecule has 2 bridgehead atoms. The Hall–Kier alpha value is -7.36. The molecule has 6 atom stereocenters. The number of carbonyl (C=O) groups excluding carboxylic acids is 2. The van der Waals surface area contributed by atoms with E-state index in [9.17, 15) is 9.59 Å². The van der Waals surface area contributed by atoms with E-state index in [1.54, 1.807) is 0 Å². The van der Waals surface area contributed by atoms with Crippen LogP contribution in [0.1, 0.15) is 93.1 Å². The van der Waals surface area contributed by atoms with E-state index in [1.807, 2.05) is 34.1 Å². The standard InChI is InChI=1S/C69H77Cl2N13O4/c1-4-60(85)81-38-45(37-77(3)64-51-23-33-78(57-19-8-15-46-13-6-17-53(70)62(46)57)41-55(51)73-66(75-64)87-43-68-25-10-30-80(68)31-11-26-68)35-48(81)22-29-72-59-21-28-69(27-12-32-84(59)69)44-88-67-74-56-42-79(58-20-9-16-47-14-7-18-54(71)63(47)58)34-24-52(56)65(76-67)83-40-49-36-50(83)39-82(49)61(86)5-2/h4-9,13-20,37,45,48-50,59H,1-2,10-12,21-28,30-36,38-44H2,3H3/q+2/b77-37+/t45?,48-,49+,50+,59?,69?/m1/s1. The summed E-state index contributed by atoms with van der Waals surface area (Å²) in [7, 11) is 2.08. The molecule has 88 heavy (non-hydrogen) atoms. The number of anilines is 3. The summed E-state index contributed by atoms with van der Waals surface area (Å²) in [5.74, 6) is 1.73. The highest BCUT2D eigenvalue weighted by atomic mass is 35.5. The summed E-state index contributed by atoms with van der Waals surface area (Å²) in [5, 5.41) is 5.78. The molecule has 0 aliphatic carbocycles. The second kappa shape index (κ2) is 23.2. The molecule has 17 nitrogen and oxygen atoms in total. The van der Waals surface area contributed by atoms with Gasteiger partial charge in [-0.1, -0.05) is 89.7 Å². The number of likely N-dealkylation sites (tertiary alicyclic amines) is 2. The van der Waals surface area contributed by atoms with Crippen molar-refractivity contribution in [1.29, 1.82) is 0 Å². The number of fused-ring (bicyclic) bond motifs is 8. The van der Waals surface area contributed by atoms with Crippen LogP contribution in [0.4, 0.5) is 23.0 Å². The average Bonchev–Trinajstić information content (AvgIpc) is 1.48. The molecule has 9 aliphatic heterocycles. The summed E-state index contributed by atoms with van der Waals surface area (Å²) in [4.78, 5) is 68.9. The molecule has 15 rings (SSSR count). The maximum absolute atomic E-state index is 13.7. The molecule has 2 amide bonds. The van der Waals surface area contributed by atoms with Crippen LogP contribution in [0.5, 0.6) is 12.0 Å². The maximum atomic E-state index is 13.7. The van der Waals surface area contributed by atoms with Crippen molar-refractivity contribution < 1.29 is 23.6 Å². The molecule has 7 saturated heterocycles. The van der Waals surface area contributed by atoms with Crippen LogP contribution >= 0.6 is 23.2 Å². The number of carbonyl (C=O) groups is 2. The van der Waals surface area contributed by atoms with Gasteiger partial charge in [0, 0.05) is 96.8 Å². The molecular weight excluding hydrogens is 1150 g/mol. The largest absolute Gasteiger partial charge is 0.461 e. The zero-order valence-electron chi connectivity index (χ0n) is 50.3. The Balaban J connectivity index is 0.655. The lowest BCUT2D eigenvalue weighted by Crippen LogP contribution is -2.49. The van der Waals surface area contributed by atoms with Crippen LogP contribution in [0.3, 0.4) is 0 Å². The SMILES string of the molecule is C=CC(=O)N1CC(/C=[N+](\C)c2nc(OCC34CCCN3CCC4)nc3c2CCN(c2cccc4cccc(Cl)c24)C3)C[C@H]1CC#[N+]C1CCC2(COc3nc4c(c(N5C[C@@H]6C[C@H]5CN6C(=O)C=C)n3)CCN(c3cccc5cccc(Cl)c35)C4)CCCN12. The number of benzene rings is 4.